The van der Waals surface area contributed by atoms with Crippen molar-refractivity contribution in [2.75, 3.05) is 7.05 Å². The molecule has 0 saturated heterocycles. The SMILES string of the molecule is CNC(=O)Cc1cccc(Br)c1COc1ccc(C)cc1Br. The number of amides is 1. The third kappa shape index (κ3) is 4.34. The first-order valence-electron chi connectivity index (χ1n) is 6.87. The van der Waals surface area contributed by atoms with Gasteiger partial charge in [0, 0.05) is 17.1 Å². The normalized spacial score (nSPS) is 10.4. The van der Waals surface area contributed by atoms with Gasteiger partial charge in [-0.2, -0.15) is 0 Å². The number of benzene rings is 2. The molecule has 0 radical (unpaired) electrons. The van der Waals surface area contributed by atoms with Crippen molar-refractivity contribution in [3.05, 3.63) is 62.0 Å². The van der Waals surface area contributed by atoms with E-state index in [2.05, 4.69) is 37.2 Å². The summed E-state index contributed by atoms with van der Waals surface area (Å²) in [5.41, 5.74) is 3.11. The zero-order valence-corrected chi connectivity index (χ0v) is 15.6. The number of ether oxygens (including phenoxy) is 1. The van der Waals surface area contributed by atoms with Crippen molar-refractivity contribution in [2.24, 2.45) is 0 Å². The van der Waals surface area contributed by atoms with Crippen molar-refractivity contribution in [1.82, 2.24) is 5.32 Å². The molecule has 116 valence electrons. The van der Waals surface area contributed by atoms with Crippen LogP contribution in [0.3, 0.4) is 0 Å². The monoisotopic (exact) mass is 425 g/mol. The third-order valence-electron chi connectivity index (χ3n) is 3.31. The van der Waals surface area contributed by atoms with Crippen LogP contribution >= 0.6 is 31.9 Å². The maximum Gasteiger partial charge on any atom is 0.224 e. The maximum absolute atomic E-state index is 11.6. The molecule has 0 aliphatic carbocycles. The highest BCUT2D eigenvalue weighted by molar-refractivity contribution is 9.10. The van der Waals surface area contributed by atoms with Gasteiger partial charge >= 0.3 is 0 Å². The van der Waals surface area contributed by atoms with Crippen LogP contribution in [0.5, 0.6) is 5.75 Å². The summed E-state index contributed by atoms with van der Waals surface area (Å²) in [5, 5.41) is 2.65. The summed E-state index contributed by atoms with van der Waals surface area (Å²) < 4.78 is 7.77. The Labute approximate surface area is 147 Å². The van der Waals surface area contributed by atoms with E-state index >= 15 is 0 Å². The minimum absolute atomic E-state index is 0.0177. The number of nitrogens with one attached hydrogen (secondary N) is 1. The Hall–Kier alpha value is -1.33. The Balaban J connectivity index is 2.19. The lowest BCUT2D eigenvalue weighted by Gasteiger charge is -2.14. The minimum Gasteiger partial charge on any atom is -0.488 e. The van der Waals surface area contributed by atoms with E-state index in [-0.39, 0.29) is 5.91 Å². The molecule has 0 aliphatic heterocycles. The van der Waals surface area contributed by atoms with Crippen LogP contribution in [0.15, 0.2) is 45.3 Å². The molecule has 1 amide bonds. The van der Waals surface area contributed by atoms with Gasteiger partial charge in [0.05, 0.1) is 10.9 Å². The standard InChI is InChI=1S/C17H17Br2NO2/c1-11-6-7-16(15(19)8-11)22-10-13-12(9-17(21)20-2)4-3-5-14(13)18/h3-8H,9-10H2,1-2H3,(H,20,21). The summed E-state index contributed by atoms with van der Waals surface area (Å²) in [7, 11) is 1.64. The molecule has 0 bridgehead atoms. The first-order chi connectivity index (χ1) is 10.5. The molecule has 0 heterocycles. The molecule has 0 fully saturated rings. The second-order valence-corrected chi connectivity index (χ2v) is 6.66. The van der Waals surface area contributed by atoms with E-state index in [1.807, 2.05) is 43.3 Å². The molecule has 0 unspecified atom stereocenters. The fraction of sp³-hybridized carbons (Fsp3) is 0.235. The molecular formula is C17H17Br2NO2. The van der Waals surface area contributed by atoms with E-state index in [1.165, 1.54) is 5.56 Å². The lowest BCUT2D eigenvalue weighted by Crippen LogP contribution is -2.21. The third-order valence-corrected chi connectivity index (χ3v) is 4.67. The van der Waals surface area contributed by atoms with E-state index in [1.54, 1.807) is 7.05 Å². The van der Waals surface area contributed by atoms with Crippen LogP contribution < -0.4 is 10.1 Å². The van der Waals surface area contributed by atoms with Crippen molar-refractivity contribution >= 4 is 37.8 Å². The smallest absolute Gasteiger partial charge is 0.224 e. The maximum atomic E-state index is 11.6. The van der Waals surface area contributed by atoms with Crippen molar-refractivity contribution in [3.8, 4) is 5.75 Å². The van der Waals surface area contributed by atoms with Crippen molar-refractivity contribution in [3.63, 3.8) is 0 Å². The van der Waals surface area contributed by atoms with Crippen LogP contribution in [-0.2, 0) is 17.8 Å². The molecule has 3 nitrogen and oxygen atoms in total. The highest BCUT2D eigenvalue weighted by atomic mass is 79.9. The predicted octanol–water partition coefficient (Wildman–Crippen LogP) is 4.39. The Morgan fingerprint density at radius 2 is 1.95 bits per heavy atom. The van der Waals surface area contributed by atoms with Gasteiger partial charge in [-0.1, -0.05) is 34.1 Å². The second kappa shape index (κ2) is 7.79. The van der Waals surface area contributed by atoms with E-state index in [9.17, 15) is 4.79 Å². The topological polar surface area (TPSA) is 38.3 Å². The van der Waals surface area contributed by atoms with Crippen LogP contribution in [0.4, 0.5) is 0 Å². The molecule has 0 saturated carbocycles. The van der Waals surface area contributed by atoms with Gasteiger partial charge in [-0.3, -0.25) is 4.79 Å². The number of likely N-dealkylation sites (N-methyl/N-ethyl adjacent to an activating group) is 1. The Morgan fingerprint density at radius 1 is 1.18 bits per heavy atom. The summed E-state index contributed by atoms with van der Waals surface area (Å²) in [6.45, 7) is 2.43. The number of halogens is 2. The van der Waals surface area contributed by atoms with Gasteiger partial charge in [0.25, 0.3) is 0 Å². The zero-order chi connectivity index (χ0) is 16.1. The number of rotatable bonds is 5. The molecule has 2 rings (SSSR count). The average molecular weight is 427 g/mol. The van der Waals surface area contributed by atoms with Crippen molar-refractivity contribution in [1.29, 1.82) is 0 Å². The van der Waals surface area contributed by atoms with Gasteiger partial charge < -0.3 is 10.1 Å². The molecule has 1 N–H and O–H groups in total. The number of hydrogen-bond acceptors (Lipinski definition) is 2. The lowest BCUT2D eigenvalue weighted by molar-refractivity contribution is -0.119. The molecule has 5 heteroatoms. The number of hydrogen-bond donors (Lipinski definition) is 1. The minimum atomic E-state index is -0.0177. The Bertz CT molecular complexity index is 686. The molecule has 0 aliphatic rings. The molecule has 2 aromatic rings. The second-order valence-electron chi connectivity index (χ2n) is 4.95. The summed E-state index contributed by atoms with van der Waals surface area (Å²) >= 11 is 7.05. The van der Waals surface area contributed by atoms with Gasteiger partial charge in [-0.25, -0.2) is 0 Å². The van der Waals surface area contributed by atoms with Crippen LogP contribution in [-0.4, -0.2) is 13.0 Å². The number of carbonyl (C=O) groups excluding carboxylic acids is 1. The number of aryl methyl sites for hydroxylation is 1. The van der Waals surface area contributed by atoms with Crippen LogP contribution in [0.2, 0.25) is 0 Å². The molecule has 0 aromatic heterocycles. The highest BCUT2D eigenvalue weighted by Crippen LogP contribution is 2.28. The van der Waals surface area contributed by atoms with Crippen LogP contribution in [0.25, 0.3) is 0 Å². The van der Waals surface area contributed by atoms with Crippen LogP contribution in [0.1, 0.15) is 16.7 Å². The summed E-state index contributed by atoms with van der Waals surface area (Å²) in [4.78, 5) is 11.6. The van der Waals surface area contributed by atoms with E-state index in [0.717, 1.165) is 25.8 Å². The van der Waals surface area contributed by atoms with Gasteiger partial charge in [0.15, 0.2) is 0 Å². The molecule has 22 heavy (non-hydrogen) atoms. The van der Waals surface area contributed by atoms with Crippen molar-refractivity contribution in [2.45, 2.75) is 20.0 Å². The average Bonchev–Trinajstić information content (AvgIpc) is 2.48. The fourth-order valence-corrected chi connectivity index (χ4v) is 3.19. The van der Waals surface area contributed by atoms with E-state index in [0.29, 0.717) is 13.0 Å². The van der Waals surface area contributed by atoms with Gasteiger partial charge in [-0.15, -0.1) is 0 Å². The van der Waals surface area contributed by atoms with Gasteiger partial charge in [0.2, 0.25) is 5.91 Å². The highest BCUT2D eigenvalue weighted by Gasteiger charge is 2.11. The fourth-order valence-electron chi connectivity index (χ4n) is 2.06. The molecule has 0 spiro atoms. The molecular weight excluding hydrogens is 410 g/mol. The number of carbonyl (C=O) groups is 1. The zero-order valence-electron chi connectivity index (χ0n) is 12.5. The Morgan fingerprint density at radius 3 is 2.64 bits per heavy atom. The van der Waals surface area contributed by atoms with E-state index in [4.69, 9.17) is 4.74 Å². The summed E-state index contributed by atoms with van der Waals surface area (Å²) in [6.07, 6.45) is 0.337. The van der Waals surface area contributed by atoms with E-state index < -0.39 is 0 Å². The quantitative estimate of drug-likeness (QED) is 0.769. The molecule has 0 atom stereocenters. The molecule has 2 aromatic carbocycles. The lowest BCUT2D eigenvalue weighted by atomic mass is 10.0. The van der Waals surface area contributed by atoms with Gasteiger partial charge in [0.1, 0.15) is 12.4 Å². The first-order valence-corrected chi connectivity index (χ1v) is 8.45. The summed E-state index contributed by atoms with van der Waals surface area (Å²) in [5.74, 6) is 0.767. The summed E-state index contributed by atoms with van der Waals surface area (Å²) in [6, 6.07) is 11.8. The van der Waals surface area contributed by atoms with Crippen molar-refractivity contribution < 1.29 is 9.53 Å². The Kier molecular flexibility index (Phi) is 6.03. The largest absolute Gasteiger partial charge is 0.488 e. The van der Waals surface area contributed by atoms with Crippen LogP contribution in [0, 0.1) is 6.92 Å². The van der Waals surface area contributed by atoms with Gasteiger partial charge in [-0.05, 0) is 52.2 Å². The first kappa shape index (κ1) is 17.0. The predicted molar refractivity (Wildman–Crippen MR) is 95.1 cm³/mol.